The maximum atomic E-state index is 14.0. The molecule has 0 saturated carbocycles. The van der Waals surface area contributed by atoms with Crippen LogP contribution >= 0.6 is 0 Å². The smallest absolute Gasteiger partial charge is 0.294 e. The van der Waals surface area contributed by atoms with Gasteiger partial charge >= 0.3 is 5.91 Å². The van der Waals surface area contributed by atoms with E-state index in [0.717, 1.165) is 16.7 Å². The van der Waals surface area contributed by atoms with Crippen LogP contribution in [0.4, 0.5) is 5.69 Å². The number of aryl methyl sites for hydroxylation is 4. The van der Waals surface area contributed by atoms with E-state index in [1.165, 1.54) is 9.58 Å². The molecule has 7 heteroatoms. The summed E-state index contributed by atoms with van der Waals surface area (Å²) in [6.45, 7) is 7.68. The highest BCUT2D eigenvalue weighted by Crippen LogP contribution is 2.34. The number of nitrogens with one attached hydrogen (secondary N) is 1. The van der Waals surface area contributed by atoms with Crippen LogP contribution in [0.5, 0.6) is 0 Å². The Hall–Kier alpha value is -4.52. The van der Waals surface area contributed by atoms with Crippen molar-refractivity contribution in [3.8, 4) is 5.69 Å². The van der Waals surface area contributed by atoms with Crippen LogP contribution in [0.25, 0.3) is 17.0 Å². The summed E-state index contributed by atoms with van der Waals surface area (Å²) in [5.74, 6) is -0.984. The number of hydrogen-bond donors (Lipinski definition) is 1. The van der Waals surface area contributed by atoms with E-state index in [9.17, 15) is 14.4 Å². The van der Waals surface area contributed by atoms with Gasteiger partial charge in [-0.05, 0) is 63.1 Å². The first-order valence-electron chi connectivity index (χ1n) is 11.9. The predicted octanol–water partition coefficient (Wildman–Crippen LogP) is 3.88. The van der Waals surface area contributed by atoms with Gasteiger partial charge in [0, 0.05) is 16.8 Å². The highest BCUT2D eigenvalue weighted by atomic mass is 16.2. The molecule has 1 aliphatic rings. The summed E-state index contributed by atoms with van der Waals surface area (Å²) >= 11 is 0. The molecule has 0 bridgehead atoms. The molecule has 4 aromatic rings. The molecule has 2 amide bonds. The Bertz CT molecular complexity index is 1590. The molecule has 0 saturated heterocycles. The highest BCUT2D eigenvalue weighted by Gasteiger charge is 2.48. The van der Waals surface area contributed by atoms with E-state index in [1.54, 1.807) is 29.1 Å². The normalized spacial score (nSPS) is 13.7. The van der Waals surface area contributed by atoms with Gasteiger partial charge in [0.1, 0.15) is 5.57 Å². The Morgan fingerprint density at radius 3 is 2.08 bits per heavy atom. The van der Waals surface area contributed by atoms with Crippen LogP contribution < -0.4 is 15.0 Å². The molecule has 2 aromatic carbocycles. The molecule has 1 N–H and O–H groups in total. The maximum Gasteiger partial charge on any atom is 0.331 e. The van der Waals surface area contributed by atoms with E-state index in [-0.39, 0.29) is 22.4 Å². The van der Waals surface area contributed by atoms with Crippen molar-refractivity contribution in [1.29, 1.82) is 0 Å². The van der Waals surface area contributed by atoms with E-state index in [1.807, 2.05) is 76.2 Å². The third kappa shape index (κ3) is 3.79. The lowest BCUT2D eigenvalue weighted by Gasteiger charge is -2.14. The van der Waals surface area contributed by atoms with Gasteiger partial charge < -0.3 is 0 Å². The van der Waals surface area contributed by atoms with E-state index < -0.39 is 11.8 Å². The van der Waals surface area contributed by atoms with E-state index in [0.29, 0.717) is 23.5 Å². The van der Waals surface area contributed by atoms with Crippen molar-refractivity contribution in [1.82, 2.24) is 9.78 Å². The van der Waals surface area contributed by atoms with Gasteiger partial charge in [0.15, 0.2) is 12.4 Å². The molecule has 36 heavy (non-hydrogen) atoms. The zero-order valence-corrected chi connectivity index (χ0v) is 20.7. The summed E-state index contributed by atoms with van der Waals surface area (Å²) in [5.41, 5.74) is 4.61. The summed E-state index contributed by atoms with van der Waals surface area (Å²) in [7, 11) is 0. The first kappa shape index (κ1) is 23.2. The van der Waals surface area contributed by atoms with Crippen LogP contribution in [0.3, 0.4) is 0 Å². The molecule has 2 aromatic heterocycles. The van der Waals surface area contributed by atoms with Crippen molar-refractivity contribution >= 4 is 28.8 Å². The van der Waals surface area contributed by atoms with Crippen LogP contribution in [0.15, 0.2) is 77.9 Å². The molecule has 0 spiro atoms. The number of benzene rings is 2. The van der Waals surface area contributed by atoms with Gasteiger partial charge in [-0.3, -0.25) is 19.5 Å². The molecular weight excluding hydrogens is 452 g/mol. The van der Waals surface area contributed by atoms with Gasteiger partial charge in [-0.25, -0.2) is 9.58 Å². The minimum atomic E-state index is -0.515. The van der Waals surface area contributed by atoms with Gasteiger partial charge in [0.25, 0.3) is 17.2 Å². The standard InChI is InChI=1S/C29H26N4O3/c1-5-23-24(28(35)33(30-23)21-11-7-6-8-12-21)25-26(31-16-19(3)14-20(4)17-31)29(36)32(27(25)34)22-13-9-10-18(2)15-22/h6-17H,5H2,1-4H3/p+1. The number of pyridine rings is 1. The van der Waals surface area contributed by atoms with Crippen molar-refractivity contribution in [2.45, 2.75) is 34.1 Å². The molecule has 180 valence electrons. The van der Waals surface area contributed by atoms with Crippen LogP contribution in [0, 0.1) is 20.8 Å². The second-order valence-electron chi connectivity index (χ2n) is 9.10. The molecule has 1 aliphatic heterocycles. The Morgan fingerprint density at radius 1 is 0.778 bits per heavy atom. The summed E-state index contributed by atoms with van der Waals surface area (Å²) in [4.78, 5) is 42.9. The van der Waals surface area contributed by atoms with Crippen molar-refractivity contribution in [2.24, 2.45) is 0 Å². The van der Waals surface area contributed by atoms with Crippen LogP contribution in [-0.2, 0) is 16.0 Å². The molecule has 0 atom stereocenters. The monoisotopic (exact) mass is 479 g/mol. The first-order chi connectivity index (χ1) is 17.3. The second-order valence-corrected chi connectivity index (χ2v) is 9.10. The highest BCUT2D eigenvalue weighted by molar-refractivity contribution is 6.53. The van der Waals surface area contributed by atoms with Crippen molar-refractivity contribution in [3.63, 3.8) is 0 Å². The molecule has 5 rings (SSSR count). The fourth-order valence-corrected chi connectivity index (χ4v) is 4.78. The van der Waals surface area contributed by atoms with Crippen LogP contribution in [0.1, 0.15) is 34.9 Å². The number of anilines is 1. The number of imide groups is 1. The second kappa shape index (κ2) is 8.92. The Morgan fingerprint density at radius 2 is 1.44 bits per heavy atom. The van der Waals surface area contributed by atoms with Crippen molar-refractivity contribution < 1.29 is 14.2 Å². The average molecular weight is 480 g/mol. The zero-order chi connectivity index (χ0) is 25.6. The maximum absolute atomic E-state index is 14.0. The Balaban J connectivity index is 1.81. The van der Waals surface area contributed by atoms with E-state index in [4.69, 9.17) is 0 Å². The number of para-hydroxylation sites is 1. The minimum Gasteiger partial charge on any atom is -0.294 e. The summed E-state index contributed by atoms with van der Waals surface area (Å²) in [5, 5.41) is 3.17. The lowest BCUT2D eigenvalue weighted by molar-refractivity contribution is -0.577. The van der Waals surface area contributed by atoms with E-state index in [2.05, 4.69) is 5.10 Å². The number of carbonyl (C=O) groups excluding carboxylic acids is 2. The van der Waals surface area contributed by atoms with Gasteiger partial charge in [0.05, 0.1) is 16.9 Å². The summed E-state index contributed by atoms with van der Waals surface area (Å²) in [6, 6.07) is 18.4. The number of H-pyrrole nitrogens is 1. The molecule has 0 aliphatic carbocycles. The topological polar surface area (TPSA) is 79.1 Å². The van der Waals surface area contributed by atoms with Crippen LogP contribution in [0.2, 0.25) is 0 Å². The zero-order valence-electron chi connectivity index (χ0n) is 20.7. The van der Waals surface area contributed by atoms with E-state index >= 15 is 0 Å². The number of rotatable bonds is 5. The number of hydrogen-bond acceptors (Lipinski definition) is 3. The molecule has 3 heterocycles. The lowest BCUT2D eigenvalue weighted by atomic mass is 10.0. The molecule has 7 nitrogen and oxygen atoms in total. The number of carbonyl (C=O) groups is 2. The van der Waals surface area contributed by atoms with Gasteiger partial charge in [-0.2, -0.15) is 4.57 Å². The molecule has 0 radical (unpaired) electrons. The fourth-order valence-electron chi connectivity index (χ4n) is 4.78. The van der Waals surface area contributed by atoms with Gasteiger partial charge in [0.2, 0.25) is 0 Å². The molecular formula is C29H27N4O3+. The number of amides is 2. The molecule has 0 unspecified atom stereocenters. The minimum absolute atomic E-state index is 0.101. The number of nitrogens with zero attached hydrogens (tertiary/aromatic N) is 3. The first-order valence-corrected chi connectivity index (χ1v) is 11.9. The van der Waals surface area contributed by atoms with Gasteiger partial charge in [-0.1, -0.05) is 37.3 Å². The van der Waals surface area contributed by atoms with Gasteiger partial charge in [-0.15, -0.1) is 0 Å². The van der Waals surface area contributed by atoms with Crippen molar-refractivity contribution in [2.75, 3.05) is 4.90 Å². The number of aromatic amines is 1. The fraction of sp³-hybridized carbons (Fsp3) is 0.172. The Kier molecular flexibility index (Phi) is 5.76. The largest absolute Gasteiger partial charge is 0.331 e. The third-order valence-corrected chi connectivity index (χ3v) is 6.30. The third-order valence-electron chi connectivity index (χ3n) is 6.30. The SMILES string of the molecule is CCc1[nH]n(-c2ccccc2)c(=O)c1C1=C([n+]2cc(C)cc(C)c2)C(=O)N(c2cccc(C)c2)C1=O. The lowest BCUT2D eigenvalue weighted by Crippen LogP contribution is -2.40. The Labute approximate surface area is 208 Å². The number of aromatic nitrogens is 3. The average Bonchev–Trinajstić information content (AvgIpc) is 3.31. The van der Waals surface area contributed by atoms with Crippen LogP contribution in [-0.4, -0.2) is 21.6 Å². The summed E-state index contributed by atoms with van der Waals surface area (Å²) in [6.07, 6.45) is 4.09. The van der Waals surface area contributed by atoms with Crippen molar-refractivity contribution in [3.05, 3.63) is 111 Å². The summed E-state index contributed by atoms with van der Waals surface area (Å²) < 4.78 is 3.10. The quantitative estimate of drug-likeness (QED) is 0.349. The predicted molar refractivity (Wildman–Crippen MR) is 139 cm³/mol. The molecule has 0 fully saturated rings.